The number of rotatable bonds is 4. The number of nitrogens with zero attached hydrogens (tertiary/aromatic N) is 3. The maximum Gasteiger partial charge on any atom is 0.261 e. The number of carbonyl (C=O) groups excluding carboxylic acids is 1. The molecule has 0 spiro atoms. The van der Waals surface area contributed by atoms with Gasteiger partial charge in [0, 0.05) is 21.1 Å². The summed E-state index contributed by atoms with van der Waals surface area (Å²) in [6.45, 7) is 5.95. The molecule has 1 aromatic heterocycles. The predicted molar refractivity (Wildman–Crippen MR) is 94.9 cm³/mol. The molecule has 0 N–H and O–H groups in total. The Morgan fingerprint density at radius 2 is 1.96 bits per heavy atom. The summed E-state index contributed by atoms with van der Waals surface area (Å²) in [5.74, 6) is 0.170. The minimum atomic E-state index is -0.272. The molecule has 124 valence electrons. The summed E-state index contributed by atoms with van der Waals surface area (Å²) in [7, 11) is 5.19. The standard InChI is InChI=1S/C17H23N3O2S/c1-10(2)14(16(22)19(4)5)23-17-18-13-8-7-11(3)9-12(13)15(21)20(17)6/h7-10,14H,1-6H3. The number of hydrogen-bond acceptors (Lipinski definition) is 4. The van der Waals surface area contributed by atoms with Crippen molar-refractivity contribution in [2.24, 2.45) is 13.0 Å². The lowest BCUT2D eigenvalue weighted by atomic mass is 10.1. The molecular formula is C17H23N3O2S. The maximum atomic E-state index is 12.6. The van der Waals surface area contributed by atoms with E-state index >= 15 is 0 Å². The van der Waals surface area contributed by atoms with Crippen LogP contribution in [0.15, 0.2) is 28.2 Å². The van der Waals surface area contributed by atoms with Gasteiger partial charge in [-0.15, -0.1) is 0 Å². The summed E-state index contributed by atoms with van der Waals surface area (Å²) in [5.41, 5.74) is 1.61. The molecule has 6 heteroatoms. The van der Waals surface area contributed by atoms with Gasteiger partial charge in [0.15, 0.2) is 5.16 Å². The monoisotopic (exact) mass is 333 g/mol. The van der Waals surface area contributed by atoms with Crippen molar-refractivity contribution in [2.45, 2.75) is 31.2 Å². The fraction of sp³-hybridized carbons (Fsp3) is 0.471. The van der Waals surface area contributed by atoms with E-state index in [1.165, 1.54) is 16.3 Å². The maximum absolute atomic E-state index is 12.6. The number of benzene rings is 1. The van der Waals surface area contributed by atoms with Crippen LogP contribution in [-0.2, 0) is 11.8 Å². The molecule has 0 aliphatic heterocycles. The summed E-state index contributed by atoms with van der Waals surface area (Å²) in [4.78, 5) is 31.1. The van der Waals surface area contributed by atoms with Gasteiger partial charge in [0.05, 0.1) is 16.2 Å². The highest BCUT2D eigenvalue weighted by molar-refractivity contribution is 8.00. The summed E-state index contributed by atoms with van der Waals surface area (Å²) < 4.78 is 1.53. The second kappa shape index (κ2) is 6.74. The highest BCUT2D eigenvalue weighted by Crippen LogP contribution is 2.28. The van der Waals surface area contributed by atoms with Gasteiger partial charge in [0.1, 0.15) is 0 Å². The number of thioether (sulfide) groups is 1. The molecule has 1 aromatic carbocycles. The highest BCUT2D eigenvalue weighted by atomic mass is 32.2. The molecule has 0 saturated heterocycles. The van der Waals surface area contributed by atoms with Gasteiger partial charge >= 0.3 is 0 Å². The molecule has 0 saturated carbocycles. The third-order valence-electron chi connectivity index (χ3n) is 3.71. The third-order valence-corrected chi connectivity index (χ3v) is 5.29. The summed E-state index contributed by atoms with van der Waals surface area (Å²) in [5, 5.41) is 0.906. The zero-order valence-electron chi connectivity index (χ0n) is 14.5. The summed E-state index contributed by atoms with van der Waals surface area (Å²) in [6.07, 6.45) is 0. The minimum Gasteiger partial charge on any atom is -0.348 e. The van der Waals surface area contributed by atoms with E-state index in [0.29, 0.717) is 16.1 Å². The molecular weight excluding hydrogens is 310 g/mol. The molecule has 2 aromatic rings. The Morgan fingerprint density at radius 3 is 2.52 bits per heavy atom. The van der Waals surface area contributed by atoms with E-state index in [-0.39, 0.29) is 22.6 Å². The topological polar surface area (TPSA) is 55.2 Å². The molecule has 1 unspecified atom stereocenters. The van der Waals surface area contributed by atoms with Gasteiger partial charge in [-0.25, -0.2) is 4.98 Å². The third kappa shape index (κ3) is 3.58. The fourth-order valence-electron chi connectivity index (χ4n) is 2.31. The number of aryl methyl sites for hydroxylation is 1. The second-order valence-electron chi connectivity index (χ2n) is 6.29. The van der Waals surface area contributed by atoms with Gasteiger partial charge in [-0.3, -0.25) is 14.2 Å². The van der Waals surface area contributed by atoms with Crippen molar-refractivity contribution in [1.29, 1.82) is 0 Å². The molecule has 0 fully saturated rings. The van der Waals surface area contributed by atoms with Crippen LogP contribution in [0.1, 0.15) is 19.4 Å². The lowest BCUT2D eigenvalue weighted by Crippen LogP contribution is -2.35. The first kappa shape index (κ1) is 17.5. The van der Waals surface area contributed by atoms with Gasteiger partial charge in [-0.05, 0) is 25.0 Å². The molecule has 0 radical (unpaired) electrons. The number of amides is 1. The number of hydrogen-bond donors (Lipinski definition) is 0. The average molecular weight is 333 g/mol. The van der Waals surface area contributed by atoms with E-state index in [4.69, 9.17) is 0 Å². The predicted octanol–water partition coefficient (Wildman–Crippen LogP) is 2.45. The number of fused-ring (bicyclic) bond motifs is 1. The smallest absolute Gasteiger partial charge is 0.261 e. The lowest BCUT2D eigenvalue weighted by molar-refractivity contribution is -0.128. The van der Waals surface area contributed by atoms with Crippen molar-refractivity contribution in [3.63, 3.8) is 0 Å². The van der Waals surface area contributed by atoms with Gasteiger partial charge < -0.3 is 4.90 Å². The summed E-state index contributed by atoms with van der Waals surface area (Å²) in [6, 6.07) is 5.65. The largest absolute Gasteiger partial charge is 0.348 e. The zero-order valence-corrected chi connectivity index (χ0v) is 15.3. The van der Waals surface area contributed by atoms with Crippen LogP contribution < -0.4 is 5.56 Å². The first-order chi connectivity index (χ1) is 10.7. The van der Waals surface area contributed by atoms with Crippen LogP contribution in [0, 0.1) is 12.8 Å². The van der Waals surface area contributed by atoms with Crippen molar-refractivity contribution in [3.8, 4) is 0 Å². The molecule has 1 amide bonds. The van der Waals surface area contributed by atoms with E-state index in [9.17, 15) is 9.59 Å². The Hall–Kier alpha value is -1.82. The van der Waals surface area contributed by atoms with Gasteiger partial charge in [-0.2, -0.15) is 0 Å². The van der Waals surface area contributed by atoms with Gasteiger partial charge in [-0.1, -0.05) is 37.2 Å². The van der Waals surface area contributed by atoms with Crippen LogP contribution in [0.5, 0.6) is 0 Å². The van der Waals surface area contributed by atoms with Crippen LogP contribution in [0.25, 0.3) is 10.9 Å². The lowest BCUT2D eigenvalue weighted by Gasteiger charge is -2.23. The van der Waals surface area contributed by atoms with E-state index in [1.807, 2.05) is 39.0 Å². The minimum absolute atomic E-state index is 0.0308. The molecule has 0 bridgehead atoms. The van der Waals surface area contributed by atoms with Crippen LogP contribution >= 0.6 is 11.8 Å². The highest BCUT2D eigenvalue weighted by Gasteiger charge is 2.27. The zero-order chi connectivity index (χ0) is 17.3. The number of aromatic nitrogens is 2. The Balaban J connectivity index is 2.51. The van der Waals surface area contributed by atoms with Gasteiger partial charge in [0.25, 0.3) is 5.56 Å². The molecule has 23 heavy (non-hydrogen) atoms. The van der Waals surface area contributed by atoms with Crippen molar-refractivity contribution < 1.29 is 4.79 Å². The van der Waals surface area contributed by atoms with E-state index in [1.54, 1.807) is 26.0 Å². The summed E-state index contributed by atoms with van der Waals surface area (Å²) >= 11 is 1.35. The Kier molecular flexibility index (Phi) is 5.14. The molecule has 0 aliphatic carbocycles. The van der Waals surface area contributed by atoms with Crippen LogP contribution in [0.3, 0.4) is 0 Å². The van der Waals surface area contributed by atoms with E-state index in [0.717, 1.165) is 5.56 Å². The SMILES string of the molecule is Cc1ccc2nc(SC(C(=O)N(C)C)C(C)C)n(C)c(=O)c2c1. The second-order valence-corrected chi connectivity index (χ2v) is 7.40. The number of carbonyl (C=O) groups is 1. The Morgan fingerprint density at radius 1 is 1.30 bits per heavy atom. The van der Waals surface area contributed by atoms with Crippen LogP contribution in [-0.4, -0.2) is 39.7 Å². The van der Waals surface area contributed by atoms with Gasteiger partial charge in [0.2, 0.25) is 5.91 Å². The molecule has 0 aliphatic rings. The molecule has 1 atom stereocenters. The first-order valence-electron chi connectivity index (χ1n) is 7.57. The quantitative estimate of drug-likeness (QED) is 0.637. The Bertz CT molecular complexity index is 796. The fourth-order valence-corrected chi connectivity index (χ4v) is 3.51. The van der Waals surface area contributed by atoms with Crippen molar-refractivity contribution in [3.05, 3.63) is 34.1 Å². The Labute approximate surface area is 140 Å². The average Bonchev–Trinajstić information content (AvgIpc) is 2.49. The molecule has 5 nitrogen and oxygen atoms in total. The normalized spacial score (nSPS) is 12.7. The van der Waals surface area contributed by atoms with E-state index in [2.05, 4.69) is 4.98 Å². The van der Waals surface area contributed by atoms with Crippen LogP contribution in [0.4, 0.5) is 0 Å². The molecule has 2 rings (SSSR count). The first-order valence-corrected chi connectivity index (χ1v) is 8.45. The van der Waals surface area contributed by atoms with E-state index < -0.39 is 0 Å². The molecule has 1 heterocycles. The van der Waals surface area contributed by atoms with Crippen molar-refractivity contribution in [1.82, 2.24) is 14.5 Å². The van der Waals surface area contributed by atoms with Crippen LogP contribution in [0.2, 0.25) is 0 Å². The van der Waals surface area contributed by atoms with Crippen molar-refractivity contribution >= 4 is 28.6 Å². The van der Waals surface area contributed by atoms with Crippen molar-refractivity contribution in [2.75, 3.05) is 14.1 Å².